The SMILES string of the molecule is Cc1ccc(CC(O)c2nccn2C)c(Cl)c1. The molecule has 4 heteroatoms. The van der Waals surface area contributed by atoms with Gasteiger partial charge in [-0.05, 0) is 24.1 Å². The number of halogens is 1. The first-order valence-corrected chi connectivity index (χ1v) is 5.86. The molecule has 1 unspecified atom stereocenters. The molecule has 0 aliphatic heterocycles. The zero-order chi connectivity index (χ0) is 12.4. The highest BCUT2D eigenvalue weighted by Gasteiger charge is 2.14. The van der Waals surface area contributed by atoms with Crippen molar-refractivity contribution in [3.8, 4) is 0 Å². The predicted octanol–water partition coefficient (Wildman–Crippen LogP) is 2.66. The molecule has 90 valence electrons. The van der Waals surface area contributed by atoms with Gasteiger partial charge in [0.1, 0.15) is 11.9 Å². The minimum atomic E-state index is -0.629. The van der Waals surface area contributed by atoms with Gasteiger partial charge in [0.25, 0.3) is 0 Å². The van der Waals surface area contributed by atoms with Crippen molar-refractivity contribution in [2.45, 2.75) is 19.4 Å². The van der Waals surface area contributed by atoms with Gasteiger partial charge in [0, 0.05) is 30.9 Å². The molecule has 1 aromatic heterocycles. The van der Waals surface area contributed by atoms with Crippen molar-refractivity contribution < 1.29 is 5.11 Å². The van der Waals surface area contributed by atoms with Gasteiger partial charge in [-0.2, -0.15) is 0 Å². The van der Waals surface area contributed by atoms with Gasteiger partial charge in [-0.15, -0.1) is 0 Å². The van der Waals surface area contributed by atoms with E-state index in [2.05, 4.69) is 4.98 Å². The van der Waals surface area contributed by atoms with E-state index in [0.717, 1.165) is 11.1 Å². The smallest absolute Gasteiger partial charge is 0.137 e. The summed E-state index contributed by atoms with van der Waals surface area (Å²) in [5.41, 5.74) is 2.05. The number of benzene rings is 1. The zero-order valence-corrected chi connectivity index (χ0v) is 10.6. The molecule has 2 aromatic rings. The highest BCUT2D eigenvalue weighted by atomic mass is 35.5. The number of nitrogens with zero attached hydrogens (tertiary/aromatic N) is 2. The Labute approximate surface area is 106 Å². The van der Waals surface area contributed by atoms with Crippen molar-refractivity contribution in [2.75, 3.05) is 0 Å². The minimum absolute atomic E-state index is 0.476. The van der Waals surface area contributed by atoms with Crippen LogP contribution >= 0.6 is 11.6 Å². The van der Waals surface area contributed by atoms with E-state index in [4.69, 9.17) is 11.6 Å². The van der Waals surface area contributed by atoms with E-state index in [0.29, 0.717) is 17.3 Å². The average molecular weight is 251 g/mol. The molecule has 0 aliphatic rings. The van der Waals surface area contributed by atoms with Crippen molar-refractivity contribution in [2.24, 2.45) is 7.05 Å². The lowest BCUT2D eigenvalue weighted by Crippen LogP contribution is -2.08. The number of aromatic nitrogens is 2. The largest absolute Gasteiger partial charge is 0.385 e. The van der Waals surface area contributed by atoms with E-state index in [1.54, 1.807) is 6.20 Å². The third-order valence-electron chi connectivity index (χ3n) is 2.78. The molecule has 0 spiro atoms. The summed E-state index contributed by atoms with van der Waals surface area (Å²) >= 11 is 6.14. The standard InChI is InChI=1S/C13H15ClN2O/c1-9-3-4-10(11(14)7-9)8-12(17)13-15-5-6-16(13)2/h3-7,12,17H,8H2,1-2H3. The molecule has 0 aliphatic carbocycles. The number of aryl methyl sites for hydroxylation is 2. The Morgan fingerprint density at radius 2 is 2.24 bits per heavy atom. The van der Waals surface area contributed by atoms with Crippen LogP contribution in [0, 0.1) is 6.92 Å². The van der Waals surface area contributed by atoms with E-state index in [-0.39, 0.29) is 0 Å². The van der Waals surface area contributed by atoms with Crippen molar-refractivity contribution in [3.63, 3.8) is 0 Å². The first-order chi connectivity index (χ1) is 8.08. The van der Waals surface area contributed by atoms with Crippen LogP contribution in [0.5, 0.6) is 0 Å². The molecule has 0 saturated heterocycles. The summed E-state index contributed by atoms with van der Waals surface area (Å²) in [7, 11) is 1.86. The number of imidazole rings is 1. The molecule has 0 fully saturated rings. The van der Waals surface area contributed by atoms with Crippen LogP contribution in [0.1, 0.15) is 23.1 Å². The third-order valence-corrected chi connectivity index (χ3v) is 3.13. The van der Waals surface area contributed by atoms with Crippen LogP contribution < -0.4 is 0 Å². The van der Waals surface area contributed by atoms with Crippen LogP contribution in [0.25, 0.3) is 0 Å². The molecule has 0 bridgehead atoms. The molecule has 1 N–H and O–H groups in total. The third kappa shape index (κ3) is 2.68. The Bertz CT molecular complexity index is 522. The first-order valence-electron chi connectivity index (χ1n) is 5.48. The molecular formula is C13H15ClN2O. The number of rotatable bonds is 3. The van der Waals surface area contributed by atoms with Crippen LogP contribution in [0.4, 0.5) is 0 Å². The van der Waals surface area contributed by atoms with E-state index in [1.165, 1.54) is 0 Å². The number of aliphatic hydroxyl groups is 1. The van der Waals surface area contributed by atoms with Gasteiger partial charge in [-0.1, -0.05) is 23.7 Å². The minimum Gasteiger partial charge on any atom is -0.385 e. The molecule has 0 radical (unpaired) electrons. The van der Waals surface area contributed by atoms with Gasteiger partial charge in [-0.25, -0.2) is 4.98 Å². The average Bonchev–Trinajstić information content (AvgIpc) is 2.68. The summed E-state index contributed by atoms with van der Waals surface area (Å²) in [6, 6.07) is 5.85. The van der Waals surface area contributed by atoms with Crippen molar-refractivity contribution >= 4 is 11.6 Å². The lowest BCUT2D eigenvalue weighted by Gasteiger charge is -2.12. The monoisotopic (exact) mass is 250 g/mol. The van der Waals surface area contributed by atoms with Crippen molar-refractivity contribution in [1.29, 1.82) is 0 Å². The number of hydrogen-bond acceptors (Lipinski definition) is 2. The predicted molar refractivity (Wildman–Crippen MR) is 68.1 cm³/mol. The van der Waals surface area contributed by atoms with Crippen LogP contribution in [0.2, 0.25) is 5.02 Å². The molecule has 1 atom stereocenters. The Morgan fingerprint density at radius 3 is 2.82 bits per heavy atom. The second-order valence-corrected chi connectivity index (χ2v) is 4.62. The van der Waals surface area contributed by atoms with E-state index in [9.17, 15) is 5.11 Å². The highest BCUT2D eigenvalue weighted by molar-refractivity contribution is 6.31. The van der Waals surface area contributed by atoms with Crippen LogP contribution in [-0.2, 0) is 13.5 Å². The molecule has 2 rings (SSSR count). The fraction of sp³-hybridized carbons (Fsp3) is 0.308. The molecule has 0 amide bonds. The van der Waals surface area contributed by atoms with Gasteiger partial charge >= 0.3 is 0 Å². The fourth-order valence-electron chi connectivity index (χ4n) is 1.82. The summed E-state index contributed by atoms with van der Waals surface area (Å²) in [6.45, 7) is 1.99. The summed E-state index contributed by atoms with van der Waals surface area (Å²) in [4.78, 5) is 4.13. The summed E-state index contributed by atoms with van der Waals surface area (Å²) in [6.07, 6.45) is 3.34. The van der Waals surface area contributed by atoms with Gasteiger partial charge in [-0.3, -0.25) is 0 Å². The zero-order valence-electron chi connectivity index (χ0n) is 9.89. The Morgan fingerprint density at radius 1 is 1.47 bits per heavy atom. The molecule has 1 heterocycles. The maximum atomic E-state index is 10.1. The Kier molecular flexibility index (Phi) is 3.50. The second kappa shape index (κ2) is 4.90. The molecule has 3 nitrogen and oxygen atoms in total. The van der Waals surface area contributed by atoms with Gasteiger partial charge in [0.05, 0.1) is 0 Å². The van der Waals surface area contributed by atoms with Crippen LogP contribution in [-0.4, -0.2) is 14.7 Å². The second-order valence-electron chi connectivity index (χ2n) is 4.21. The fourth-order valence-corrected chi connectivity index (χ4v) is 2.13. The Hall–Kier alpha value is -1.32. The first kappa shape index (κ1) is 12.1. The van der Waals surface area contributed by atoms with E-state index in [1.807, 2.05) is 42.9 Å². The van der Waals surface area contributed by atoms with Crippen LogP contribution in [0.15, 0.2) is 30.6 Å². The quantitative estimate of drug-likeness (QED) is 0.910. The summed E-state index contributed by atoms with van der Waals surface area (Å²) in [5, 5.41) is 10.8. The maximum absolute atomic E-state index is 10.1. The van der Waals surface area contributed by atoms with Crippen molar-refractivity contribution in [3.05, 3.63) is 52.6 Å². The Balaban J connectivity index is 2.19. The molecule has 17 heavy (non-hydrogen) atoms. The van der Waals surface area contributed by atoms with Gasteiger partial charge in [0.15, 0.2) is 0 Å². The van der Waals surface area contributed by atoms with Gasteiger partial charge < -0.3 is 9.67 Å². The van der Waals surface area contributed by atoms with E-state index < -0.39 is 6.10 Å². The topological polar surface area (TPSA) is 38.1 Å². The maximum Gasteiger partial charge on any atom is 0.137 e. The molecule has 1 aromatic carbocycles. The van der Waals surface area contributed by atoms with Crippen LogP contribution in [0.3, 0.4) is 0 Å². The summed E-state index contributed by atoms with van der Waals surface area (Å²) < 4.78 is 1.81. The lowest BCUT2D eigenvalue weighted by atomic mass is 10.1. The number of hydrogen-bond donors (Lipinski definition) is 1. The van der Waals surface area contributed by atoms with Crippen molar-refractivity contribution in [1.82, 2.24) is 9.55 Å². The molecule has 0 saturated carbocycles. The summed E-state index contributed by atoms with van der Waals surface area (Å²) in [5.74, 6) is 0.654. The normalized spacial score (nSPS) is 12.7. The lowest BCUT2D eigenvalue weighted by molar-refractivity contribution is 0.165. The van der Waals surface area contributed by atoms with E-state index >= 15 is 0 Å². The molecular weight excluding hydrogens is 236 g/mol. The van der Waals surface area contributed by atoms with Gasteiger partial charge in [0.2, 0.25) is 0 Å². The number of aliphatic hydroxyl groups excluding tert-OH is 1. The highest BCUT2D eigenvalue weighted by Crippen LogP contribution is 2.23.